The second kappa shape index (κ2) is 8.69. The van der Waals surface area contributed by atoms with E-state index in [0.29, 0.717) is 18.8 Å². The topological polar surface area (TPSA) is 79.9 Å². The van der Waals surface area contributed by atoms with E-state index in [0.717, 1.165) is 17.0 Å². The standard InChI is InChI=1S/C19H22N4O2/c1-14(2)25-17-7-4-6-16(13-17)8-9-19(24)21-18-12-15(3)22-23(18)11-5-10-20/h4,6-9,12-14H,5,11H2,1-3H3,(H,21,24)/b9-8+. The van der Waals surface area contributed by atoms with Crippen LogP contribution in [0.5, 0.6) is 5.75 Å². The molecule has 2 rings (SSSR count). The van der Waals surface area contributed by atoms with E-state index >= 15 is 0 Å². The highest BCUT2D eigenvalue weighted by atomic mass is 16.5. The molecule has 1 N–H and O–H groups in total. The number of hydrogen-bond acceptors (Lipinski definition) is 4. The van der Waals surface area contributed by atoms with E-state index in [2.05, 4.69) is 16.5 Å². The van der Waals surface area contributed by atoms with Gasteiger partial charge in [0.15, 0.2) is 0 Å². The van der Waals surface area contributed by atoms with Crippen LogP contribution in [0.1, 0.15) is 31.5 Å². The molecule has 1 aromatic carbocycles. The second-order valence-electron chi connectivity index (χ2n) is 5.86. The minimum Gasteiger partial charge on any atom is -0.491 e. The molecular formula is C19H22N4O2. The number of anilines is 1. The molecule has 0 aliphatic heterocycles. The molecule has 0 fully saturated rings. The van der Waals surface area contributed by atoms with Crippen LogP contribution in [0.4, 0.5) is 5.82 Å². The molecule has 130 valence electrons. The third kappa shape index (κ3) is 5.81. The summed E-state index contributed by atoms with van der Waals surface area (Å²) in [7, 11) is 0. The lowest BCUT2D eigenvalue weighted by molar-refractivity contribution is -0.111. The summed E-state index contributed by atoms with van der Waals surface area (Å²) in [4.78, 5) is 12.1. The van der Waals surface area contributed by atoms with Gasteiger partial charge in [-0.05, 0) is 44.5 Å². The SMILES string of the molecule is Cc1cc(NC(=O)/C=C/c2cccc(OC(C)C)c2)n(CCC#N)n1. The van der Waals surface area contributed by atoms with Gasteiger partial charge in [0, 0.05) is 12.1 Å². The lowest BCUT2D eigenvalue weighted by Gasteiger charge is -2.09. The molecule has 2 aromatic rings. The number of nitrogens with one attached hydrogen (secondary N) is 1. The molecule has 0 saturated carbocycles. The molecule has 25 heavy (non-hydrogen) atoms. The van der Waals surface area contributed by atoms with Crippen molar-refractivity contribution in [2.24, 2.45) is 0 Å². The van der Waals surface area contributed by atoms with Gasteiger partial charge in [-0.25, -0.2) is 4.68 Å². The van der Waals surface area contributed by atoms with Gasteiger partial charge in [0.05, 0.1) is 30.8 Å². The Labute approximate surface area is 147 Å². The monoisotopic (exact) mass is 338 g/mol. The first kappa shape index (κ1) is 18.3. The maximum absolute atomic E-state index is 12.1. The molecule has 0 unspecified atom stereocenters. The normalized spacial score (nSPS) is 10.8. The van der Waals surface area contributed by atoms with Crippen molar-refractivity contribution in [2.75, 3.05) is 5.32 Å². The van der Waals surface area contributed by atoms with Crippen LogP contribution in [0.25, 0.3) is 6.08 Å². The number of benzene rings is 1. The molecule has 0 aliphatic carbocycles. The predicted octanol–water partition coefficient (Wildman–Crippen LogP) is 3.54. The van der Waals surface area contributed by atoms with Gasteiger partial charge in [-0.3, -0.25) is 4.79 Å². The van der Waals surface area contributed by atoms with Crippen LogP contribution in [-0.2, 0) is 11.3 Å². The van der Waals surface area contributed by atoms with Gasteiger partial charge in [0.1, 0.15) is 11.6 Å². The van der Waals surface area contributed by atoms with Gasteiger partial charge in [0.2, 0.25) is 5.91 Å². The molecule has 1 aromatic heterocycles. The summed E-state index contributed by atoms with van der Waals surface area (Å²) in [6.07, 6.45) is 3.62. The number of carbonyl (C=O) groups is 1. The Morgan fingerprint density at radius 3 is 2.96 bits per heavy atom. The quantitative estimate of drug-likeness (QED) is 0.783. The van der Waals surface area contributed by atoms with Crippen LogP contribution in [-0.4, -0.2) is 21.8 Å². The van der Waals surface area contributed by atoms with Crippen molar-refractivity contribution in [3.05, 3.63) is 47.7 Å². The van der Waals surface area contributed by atoms with Gasteiger partial charge < -0.3 is 10.1 Å². The maximum Gasteiger partial charge on any atom is 0.249 e. The number of amides is 1. The number of aromatic nitrogens is 2. The molecule has 0 bridgehead atoms. The molecule has 6 nitrogen and oxygen atoms in total. The number of hydrogen-bond donors (Lipinski definition) is 1. The second-order valence-corrected chi connectivity index (χ2v) is 5.86. The maximum atomic E-state index is 12.1. The molecule has 0 atom stereocenters. The Kier molecular flexibility index (Phi) is 6.35. The highest BCUT2D eigenvalue weighted by Gasteiger charge is 2.07. The predicted molar refractivity (Wildman–Crippen MR) is 97.1 cm³/mol. The van der Waals surface area contributed by atoms with Crippen LogP contribution < -0.4 is 10.1 Å². The highest BCUT2D eigenvalue weighted by molar-refractivity contribution is 6.01. The minimum atomic E-state index is -0.256. The Hall–Kier alpha value is -3.07. The smallest absolute Gasteiger partial charge is 0.249 e. The van der Waals surface area contributed by atoms with Crippen LogP contribution >= 0.6 is 0 Å². The number of aryl methyl sites for hydroxylation is 2. The average molecular weight is 338 g/mol. The van der Waals surface area contributed by atoms with Crippen LogP contribution in [0.2, 0.25) is 0 Å². The fourth-order valence-corrected chi connectivity index (χ4v) is 2.28. The number of carbonyl (C=O) groups excluding carboxylic acids is 1. The number of ether oxygens (including phenoxy) is 1. The van der Waals surface area contributed by atoms with E-state index in [1.807, 2.05) is 45.0 Å². The summed E-state index contributed by atoms with van der Waals surface area (Å²) < 4.78 is 7.27. The lowest BCUT2D eigenvalue weighted by Crippen LogP contribution is -2.13. The lowest BCUT2D eigenvalue weighted by atomic mass is 10.2. The fourth-order valence-electron chi connectivity index (χ4n) is 2.28. The molecule has 0 spiro atoms. The van der Waals surface area contributed by atoms with Gasteiger partial charge in [-0.2, -0.15) is 10.4 Å². The Morgan fingerprint density at radius 2 is 2.24 bits per heavy atom. The zero-order chi connectivity index (χ0) is 18.2. The first-order valence-corrected chi connectivity index (χ1v) is 8.15. The van der Waals surface area contributed by atoms with Crippen molar-refractivity contribution in [1.82, 2.24) is 9.78 Å². The molecule has 0 aliphatic rings. The average Bonchev–Trinajstić information content (AvgIpc) is 2.90. The van der Waals surface area contributed by atoms with E-state index in [9.17, 15) is 4.79 Å². The third-order valence-electron chi connectivity index (χ3n) is 3.25. The van der Waals surface area contributed by atoms with Gasteiger partial charge >= 0.3 is 0 Å². The van der Waals surface area contributed by atoms with Gasteiger partial charge in [-0.1, -0.05) is 12.1 Å². The van der Waals surface area contributed by atoms with E-state index in [1.165, 1.54) is 6.08 Å². The Balaban J connectivity index is 2.03. The molecule has 6 heteroatoms. The molecular weight excluding hydrogens is 316 g/mol. The number of rotatable bonds is 7. The third-order valence-corrected chi connectivity index (χ3v) is 3.25. The van der Waals surface area contributed by atoms with Gasteiger partial charge in [0.25, 0.3) is 0 Å². The fraction of sp³-hybridized carbons (Fsp3) is 0.316. The number of nitrogens with zero attached hydrogens (tertiary/aromatic N) is 3. The van der Waals surface area contributed by atoms with Crippen molar-refractivity contribution in [1.29, 1.82) is 5.26 Å². The van der Waals surface area contributed by atoms with Crippen molar-refractivity contribution in [3.8, 4) is 11.8 Å². The van der Waals surface area contributed by atoms with Crippen LogP contribution in [0.3, 0.4) is 0 Å². The molecule has 1 amide bonds. The molecule has 1 heterocycles. The van der Waals surface area contributed by atoms with Crippen molar-refractivity contribution in [2.45, 2.75) is 39.8 Å². The molecule has 0 saturated heterocycles. The highest BCUT2D eigenvalue weighted by Crippen LogP contribution is 2.16. The van der Waals surface area contributed by atoms with Crippen molar-refractivity contribution >= 4 is 17.8 Å². The summed E-state index contributed by atoms with van der Waals surface area (Å²) in [6.45, 7) is 6.22. The summed E-state index contributed by atoms with van der Waals surface area (Å²) >= 11 is 0. The van der Waals surface area contributed by atoms with E-state index in [1.54, 1.807) is 16.8 Å². The van der Waals surface area contributed by atoms with Crippen molar-refractivity contribution in [3.63, 3.8) is 0 Å². The van der Waals surface area contributed by atoms with E-state index < -0.39 is 0 Å². The first-order chi connectivity index (χ1) is 12.0. The van der Waals surface area contributed by atoms with E-state index in [4.69, 9.17) is 10.00 Å². The van der Waals surface area contributed by atoms with Gasteiger partial charge in [-0.15, -0.1) is 0 Å². The van der Waals surface area contributed by atoms with Crippen LogP contribution in [0.15, 0.2) is 36.4 Å². The van der Waals surface area contributed by atoms with E-state index in [-0.39, 0.29) is 12.0 Å². The molecule has 0 radical (unpaired) electrons. The van der Waals surface area contributed by atoms with Crippen molar-refractivity contribution < 1.29 is 9.53 Å². The largest absolute Gasteiger partial charge is 0.491 e. The zero-order valence-electron chi connectivity index (χ0n) is 14.7. The summed E-state index contributed by atoms with van der Waals surface area (Å²) in [5.41, 5.74) is 1.67. The zero-order valence-corrected chi connectivity index (χ0v) is 14.7. The summed E-state index contributed by atoms with van der Waals surface area (Å²) in [6, 6.07) is 11.4. The Bertz CT molecular complexity index is 800. The van der Waals surface area contributed by atoms with Crippen LogP contribution in [0, 0.1) is 18.3 Å². The number of nitriles is 1. The summed E-state index contributed by atoms with van der Waals surface area (Å²) in [5, 5.41) is 15.8. The minimum absolute atomic E-state index is 0.0967. The Morgan fingerprint density at radius 1 is 1.44 bits per heavy atom. The summed E-state index contributed by atoms with van der Waals surface area (Å²) in [5.74, 6) is 1.09. The first-order valence-electron chi connectivity index (χ1n) is 8.15.